The van der Waals surface area contributed by atoms with Crippen LogP contribution in [0, 0.1) is 10.1 Å². The van der Waals surface area contributed by atoms with E-state index in [0.717, 1.165) is 5.56 Å². The second kappa shape index (κ2) is 7.35. The molecule has 0 unspecified atom stereocenters. The number of nitro benzene ring substituents is 1. The summed E-state index contributed by atoms with van der Waals surface area (Å²) in [7, 11) is 1.83. The Hall–Kier alpha value is -3.22. The number of hydrogen-bond acceptors (Lipinski definition) is 6. The Morgan fingerprint density at radius 3 is 2.54 bits per heavy atom. The topological polar surface area (TPSA) is 85.3 Å². The van der Waals surface area contributed by atoms with Gasteiger partial charge in [0.05, 0.1) is 4.92 Å². The molecule has 0 amide bonds. The smallest absolute Gasteiger partial charge is 0.293 e. The van der Waals surface area contributed by atoms with Crippen molar-refractivity contribution in [3.05, 3.63) is 70.0 Å². The Morgan fingerprint density at radius 2 is 1.92 bits per heavy atom. The highest BCUT2D eigenvalue weighted by Gasteiger charge is 2.21. The van der Waals surface area contributed by atoms with Crippen molar-refractivity contribution < 1.29 is 9.45 Å². The summed E-state index contributed by atoms with van der Waals surface area (Å²) in [6.45, 7) is 4.48. The summed E-state index contributed by atoms with van der Waals surface area (Å²) in [4.78, 5) is 17.4. The predicted octanol–water partition coefficient (Wildman–Crippen LogP) is 4.40. The van der Waals surface area contributed by atoms with Gasteiger partial charge in [-0.05, 0) is 17.7 Å². The van der Waals surface area contributed by atoms with Crippen LogP contribution in [0.5, 0.6) is 0 Å². The molecule has 0 aliphatic rings. The third-order valence-corrected chi connectivity index (χ3v) is 4.05. The maximum Gasteiger partial charge on any atom is 0.293 e. The molecule has 0 radical (unpaired) electrons. The van der Waals surface area contributed by atoms with E-state index in [1.807, 2.05) is 56.1 Å². The quantitative estimate of drug-likeness (QED) is 0.483. The first-order valence-corrected chi connectivity index (χ1v) is 8.33. The average Bonchev–Trinajstić information content (AvgIpc) is 3.12. The zero-order valence-corrected chi connectivity index (χ0v) is 14.9. The van der Waals surface area contributed by atoms with Gasteiger partial charge in [0, 0.05) is 31.1 Å². The zero-order valence-electron chi connectivity index (χ0n) is 14.9. The normalized spacial score (nSPS) is 10.9. The van der Waals surface area contributed by atoms with Crippen LogP contribution in [0.3, 0.4) is 0 Å². The minimum Gasteiger partial charge on any atom is -0.365 e. The highest BCUT2D eigenvalue weighted by Crippen LogP contribution is 2.33. The minimum absolute atomic E-state index is 0.00484. The summed E-state index contributed by atoms with van der Waals surface area (Å²) in [5.41, 5.74) is 2.15. The molecule has 0 aliphatic carbocycles. The molecule has 2 aromatic carbocycles. The van der Waals surface area contributed by atoms with Gasteiger partial charge in [-0.25, -0.2) is 0 Å². The lowest BCUT2D eigenvalue weighted by Crippen LogP contribution is -2.17. The maximum absolute atomic E-state index is 11.6. The first kappa shape index (κ1) is 17.6. The lowest BCUT2D eigenvalue weighted by Gasteiger charge is -2.19. The van der Waals surface area contributed by atoms with Gasteiger partial charge in [0.2, 0.25) is 0 Å². The van der Waals surface area contributed by atoms with E-state index < -0.39 is 0 Å². The number of nitro groups is 1. The van der Waals surface area contributed by atoms with Gasteiger partial charge in [-0.2, -0.15) is 4.98 Å². The first-order chi connectivity index (χ1) is 12.5. The van der Waals surface area contributed by atoms with Gasteiger partial charge >= 0.3 is 0 Å². The fourth-order valence-electron chi connectivity index (χ4n) is 2.65. The second-order valence-electron chi connectivity index (χ2n) is 6.41. The Kier molecular flexibility index (Phi) is 4.97. The molecule has 0 saturated carbocycles. The molecule has 0 saturated heterocycles. The van der Waals surface area contributed by atoms with Gasteiger partial charge in [0.15, 0.2) is 5.82 Å². The van der Waals surface area contributed by atoms with Gasteiger partial charge in [-0.3, -0.25) is 10.1 Å². The van der Waals surface area contributed by atoms with Crippen LogP contribution in [0.4, 0.5) is 11.4 Å². The second-order valence-corrected chi connectivity index (χ2v) is 6.41. The SMILES string of the molecule is CC(C)c1noc(-c2ccc(N(C)Cc3ccccc3)c([N+](=O)[O-])c2)n1. The van der Waals surface area contributed by atoms with Crippen molar-refractivity contribution in [1.82, 2.24) is 10.1 Å². The average molecular weight is 352 g/mol. The van der Waals surface area contributed by atoms with Crippen LogP contribution in [0.2, 0.25) is 0 Å². The van der Waals surface area contributed by atoms with E-state index in [-0.39, 0.29) is 22.4 Å². The van der Waals surface area contributed by atoms with Gasteiger partial charge in [-0.15, -0.1) is 0 Å². The van der Waals surface area contributed by atoms with Crippen molar-refractivity contribution in [2.24, 2.45) is 0 Å². The van der Waals surface area contributed by atoms with Crippen LogP contribution in [-0.2, 0) is 6.54 Å². The molecule has 0 atom stereocenters. The molecule has 1 heterocycles. The summed E-state index contributed by atoms with van der Waals surface area (Å²) in [6, 6.07) is 14.8. The molecule has 134 valence electrons. The highest BCUT2D eigenvalue weighted by atomic mass is 16.6. The van der Waals surface area contributed by atoms with Crippen molar-refractivity contribution in [1.29, 1.82) is 0 Å². The maximum atomic E-state index is 11.6. The number of rotatable bonds is 6. The van der Waals surface area contributed by atoms with Crippen molar-refractivity contribution in [3.8, 4) is 11.5 Å². The highest BCUT2D eigenvalue weighted by molar-refractivity contribution is 5.70. The van der Waals surface area contributed by atoms with Crippen molar-refractivity contribution in [2.75, 3.05) is 11.9 Å². The summed E-state index contributed by atoms with van der Waals surface area (Å²) >= 11 is 0. The fraction of sp³-hybridized carbons (Fsp3) is 0.263. The first-order valence-electron chi connectivity index (χ1n) is 8.33. The standard InChI is InChI=1S/C19H20N4O3/c1-13(2)18-20-19(26-21-18)15-9-10-16(17(11-15)23(24)25)22(3)12-14-7-5-4-6-8-14/h4-11,13H,12H2,1-3H3. The third kappa shape index (κ3) is 3.72. The molecule has 0 spiro atoms. The van der Waals surface area contributed by atoms with Gasteiger partial charge in [0.25, 0.3) is 11.6 Å². The number of aromatic nitrogens is 2. The molecule has 26 heavy (non-hydrogen) atoms. The molecule has 0 bridgehead atoms. The fourth-order valence-corrected chi connectivity index (χ4v) is 2.65. The largest absolute Gasteiger partial charge is 0.365 e. The Labute approximate surface area is 151 Å². The summed E-state index contributed by atoms with van der Waals surface area (Å²) in [5, 5.41) is 15.5. The van der Waals surface area contributed by atoms with E-state index in [9.17, 15) is 10.1 Å². The minimum atomic E-state index is -0.389. The number of hydrogen-bond donors (Lipinski definition) is 0. The Balaban J connectivity index is 1.92. The summed E-state index contributed by atoms with van der Waals surface area (Å²) in [6.07, 6.45) is 0. The van der Waals surface area contributed by atoms with Crippen LogP contribution in [0.15, 0.2) is 53.1 Å². The monoisotopic (exact) mass is 352 g/mol. The van der Waals surface area contributed by atoms with E-state index in [0.29, 0.717) is 23.6 Å². The molecule has 3 rings (SSSR count). The lowest BCUT2D eigenvalue weighted by molar-refractivity contribution is -0.384. The van der Waals surface area contributed by atoms with E-state index in [1.165, 1.54) is 6.07 Å². The molecule has 7 nitrogen and oxygen atoms in total. The van der Waals surface area contributed by atoms with E-state index in [4.69, 9.17) is 4.52 Å². The summed E-state index contributed by atoms with van der Waals surface area (Å²) in [5.74, 6) is 0.987. The molecule has 1 aromatic heterocycles. The van der Waals surface area contributed by atoms with Crippen molar-refractivity contribution in [3.63, 3.8) is 0 Å². The van der Waals surface area contributed by atoms with Crippen LogP contribution >= 0.6 is 0 Å². The number of nitrogens with zero attached hydrogens (tertiary/aromatic N) is 4. The Bertz CT molecular complexity index is 906. The van der Waals surface area contributed by atoms with E-state index in [1.54, 1.807) is 12.1 Å². The van der Waals surface area contributed by atoms with Crippen LogP contribution < -0.4 is 4.90 Å². The van der Waals surface area contributed by atoms with Gasteiger partial charge < -0.3 is 9.42 Å². The van der Waals surface area contributed by atoms with Crippen LogP contribution in [0.1, 0.15) is 31.2 Å². The molecule has 0 N–H and O–H groups in total. The zero-order chi connectivity index (χ0) is 18.7. The van der Waals surface area contributed by atoms with E-state index >= 15 is 0 Å². The van der Waals surface area contributed by atoms with Crippen LogP contribution in [-0.4, -0.2) is 22.1 Å². The van der Waals surface area contributed by atoms with Crippen molar-refractivity contribution in [2.45, 2.75) is 26.3 Å². The van der Waals surface area contributed by atoms with Gasteiger partial charge in [-0.1, -0.05) is 49.3 Å². The van der Waals surface area contributed by atoms with Crippen molar-refractivity contribution >= 4 is 11.4 Å². The van der Waals surface area contributed by atoms with Gasteiger partial charge in [0.1, 0.15) is 5.69 Å². The number of benzene rings is 2. The van der Waals surface area contributed by atoms with Crippen LogP contribution in [0.25, 0.3) is 11.5 Å². The van der Waals surface area contributed by atoms with E-state index in [2.05, 4.69) is 10.1 Å². The number of anilines is 1. The molecular formula is C19H20N4O3. The molecule has 7 heteroatoms. The third-order valence-electron chi connectivity index (χ3n) is 4.05. The lowest BCUT2D eigenvalue weighted by atomic mass is 10.1. The molecule has 0 aliphatic heterocycles. The Morgan fingerprint density at radius 1 is 1.19 bits per heavy atom. The molecule has 0 fully saturated rings. The molecular weight excluding hydrogens is 332 g/mol. The summed E-state index contributed by atoms with van der Waals surface area (Å²) < 4.78 is 5.25. The predicted molar refractivity (Wildman–Crippen MR) is 99.0 cm³/mol. The molecule has 3 aromatic rings.